The Hall–Kier alpha value is -6.55. The predicted molar refractivity (Wildman–Crippen MR) is 236 cm³/mol. The van der Waals surface area contributed by atoms with E-state index in [0.717, 1.165) is 12.2 Å². The first-order valence-electron chi connectivity index (χ1n) is 19.0. The van der Waals surface area contributed by atoms with Gasteiger partial charge in [0.05, 0.1) is 22.8 Å². The van der Waals surface area contributed by atoms with Gasteiger partial charge in [-0.25, -0.2) is 0 Å². The molecule has 8 aromatic rings. The van der Waals surface area contributed by atoms with E-state index in [0.29, 0.717) is 0 Å². The highest BCUT2D eigenvalue weighted by molar-refractivity contribution is 8.36. The predicted octanol–water partition coefficient (Wildman–Crippen LogP) is 13.8. The van der Waals surface area contributed by atoms with E-state index in [4.69, 9.17) is 0 Å². The van der Waals surface area contributed by atoms with Crippen LogP contribution in [0.1, 0.15) is 16.7 Å². The Balaban J connectivity index is 1.35. The Morgan fingerprint density at radius 2 is 0.673 bits per heavy atom. The van der Waals surface area contributed by atoms with Crippen molar-refractivity contribution in [2.75, 3.05) is 14.4 Å². The van der Waals surface area contributed by atoms with Crippen LogP contribution in [0.5, 0.6) is 0 Å². The van der Waals surface area contributed by atoms with Crippen molar-refractivity contribution >= 4 is 33.2 Å². The van der Waals surface area contributed by atoms with Crippen LogP contribution in [-0.4, -0.2) is 5.75 Å². The van der Waals surface area contributed by atoms with Gasteiger partial charge in [0.1, 0.15) is 0 Å². The Morgan fingerprint density at radius 1 is 0.309 bits per heavy atom. The van der Waals surface area contributed by atoms with Crippen molar-refractivity contribution in [3.63, 3.8) is 0 Å². The summed E-state index contributed by atoms with van der Waals surface area (Å²) in [4.78, 5) is 1.31. The molecule has 0 saturated heterocycles. The summed E-state index contributed by atoms with van der Waals surface area (Å²) in [6, 6.07) is 84.2. The Labute approximate surface area is 326 Å². The number of para-hydroxylation sites is 2. The standard InChI is InChI=1S/C52H42N2S/c1-7-22-42(23-8-1)46-30-19-21-41(39-46)37-38-55(50-36-20-31-47(40-50)43-24-9-2-10-25-43)53(48-32-15-5-16-33-48)51(44-26-11-3-12-27-44)52(45-28-13-4-14-29-45)54(55)49-34-17-6-18-35-49/h1-36,39-40H,37-38H2. The minimum Gasteiger partial charge on any atom is -0.280 e. The van der Waals surface area contributed by atoms with Crippen LogP contribution in [0, 0.1) is 0 Å². The van der Waals surface area contributed by atoms with Crippen molar-refractivity contribution in [1.82, 2.24) is 0 Å². The maximum atomic E-state index is 2.73. The van der Waals surface area contributed by atoms with Crippen molar-refractivity contribution in [3.05, 3.63) is 247 Å². The van der Waals surface area contributed by atoms with Crippen molar-refractivity contribution in [2.45, 2.75) is 11.3 Å². The van der Waals surface area contributed by atoms with Crippen molar-refractivity contribution in [2.24, 2.45) is 0 Å². The fourth-order valence-corrected chi connectivity index (χ4v) is 12.1. The van der Waals surface area contributed by atoms with Crippen LogP contribution in [0.25, 0.3) is 33.6 Å². The molecule has 0 spiro atoms. The summed E-state index contributed by atoms with van der Waals surface area (Å²) in [5.41, 5.74) is 13.4. The second-order valence-corrected chi connectivity index (χ2v) is 16.7. The second kappa shape index (κ2) is 15.4. The Kier molecular flexibility index (Phi) is 9.61. The summed E-state index contributed by atoms with van der Waals surface area (Å²) in [5.74, 6) is 0.875. The smallest absolute Gasteiger partial charge is 0.0853 e. The molecule has 9 rings (SSSR count). The maximum absolute atomic E-state index is 2.73. The van der Waals surface area contributed by atoms with E-state index in [2.05, 4.69) is 239 Å². The zero-order chi connectivity index (χ0) is 36.9. The zero-order valence-electron chi connectivity index (χ0n) is 30.7. The molecule has 266 valence electrons. The number of anilines is 2. The fourth-order valence-electron chi connectivity index (χ4n) is 7.83. The first-order chi connectivity index (χ1) is 27.3. The molecule has 2 nitrogen and oxygen atoms in total. The average Bonchev–Trinajstić information content (AvgIpc) is 3.59. The SMILES string of the molecule is c1ccc(C2=C(c3ccccc3)N(c3ccccc3)S(CCc3cccc(-c4ccccc4)c3)(c3cccc(-c4ccccc4)c3)N2c2ccccc2)cc1. The second-order valence-electron chi connectivity index (χ2n) is 13.8. The van der Waals surface area contributed by atoms with Crippen LogP contribution in [0.15, 0.2) is 235 Å². The minimum absolute atomic E-state index is 0.875. The summed E-state index contributed by atoms with van der Waals surface area (Å²) in [6.45, 7) is 0. The summed E-state index contributed by atoms with van der Waals surface area (Å²) < 4.78 is 5.45. The molecule has 1 aliphatic rings. The van der Waals surface area contributed by atoms with E-state index in [1.807, 2.05) is 0 Å². The third-order valence-electron chi connectivity index (χ3n) is 10.3. The molecular weight excluding hydrogens is 685 g/mol. The summed E-state index contributed by atoms with van der Waals surface area (Å²) in [5, 5.41) is 0. The van der Waals surface area contributed by atoms with E-state index in [1.54, 1.807) is 0 Å². The normalized spacial score (nSPS) is 14.2. The number of hydrogen-bond donors (Lipinski definition) is 0. The molecule has 0 aromatic heterocycles. The van der Waals surface area contributed by atoms with Crippen LogP contribution in [0.3, 0.4) is 0 Å². The highest BCUT2D eigenvalue weighted by atomic mass is 32.3. The molecule has 1 aliphatic heterocycles. The molecule has 0 atom stereocenters. The highest BCUT2D eigenvalue weighted by Crippen LogP contribution is 2.73. The van der Waals surface area contributed by atoms with E-state index in [9.17, 15) is 0 Å². The van der Waals surface area contributed by atoms with Gasteiger partial charge in [0, 0.05) is 21.8 Å². The quantitative estimate of drug-likeness (QED) is 0.138. The number of aryl methyl sites for hydroxylation is 1. The lowest BCUT2D eigenvalue weighted by Crippen LogP contribution is -2.35. The van der Waals surface area contributed by atoms with Gasteiger partial charge >= 0.3 is 0 Å². The summed E-state index contributed by atoms with van der Waals surface area (Å²) >= 11 is 0. The Bertz CT molecular complexity index is 2430. The van der Waals surface area contributed by atoms with Crippen LogP contribution in [0.2, 0.25) is 0 Å². The van der Waals surface area contributed by atoms with Gasteiger partial charge in [-0.05, 0) is 70.6 Å². The number of benzene rings is 8. The molecule has 3 heteroatoms. The van der Waals surface area contributed by atoms with Crippen molar-refractivity contribution < 1.29 is 0 Å². The lowest BCUT2D eigenvalue weighted by Gasteiger charge is -2.52. The fraction of sp³-hybridized carbons (Fsp3) is 0.0385. The highest BCUT2D eigenvalue weighted by Gasteiger charge is 2.50. The summed E-state index contributed by atoms with van der Waals surface area (Å²) in [6.07, 6.45) is 0.877. The van der Waals surface area contributed by atoms with E-state index in [1.165, 1.54) is 66.6 Å². The topological polar surface area (TPSA) is 6.48 Å². The van der Waals surface area contributed by atoms with Gasteiger partial charge in [0.2, 0.25) is 0 Å². The van der Waals surface area contributed by atoms with Gasteiger partial charge < -0.3 is 0 Å². The van der Waals surface area contributed by atoms with Crippen LogP contribution >= 0.6 is 10.4 Å². The first-order valence-corrected chi connectivity index (χ1v) is 20.7. The average molecular weight is 727 g/mol. The van der Waals surface area contributed by atoms with Crippen LogP contribution < -0.4 is 8.61 Å². The first kappa shape index (κ1) is 34.2. The zero-order valence-corrected chi connectivity index (χ0v) is 31.5. The monoisotopic (exact) mass is 726 g/mol. The maximum Gasteiger partial charge on any atom is 0.0853 e. The molecule has 0 saturated carbocycles. The molecule has 1 heterocycles. The van der Waals surface area contributed by atoms with Gasteiger partial charge in [-0.1, -0.05) is 205 Å². The number of rotatable bonds is 10. The van der Waals surface area contributed by atoms with Crippen LogP contribution in [-0.2, 0) is 6.42 Å². The van der Waals surface area contributed by atoms with Crippen molar-refractivity contribution in [1.29, 1.82) is 0 Å². The van der Waals surface area contributed by atoms with Gasteiger partial charge in [0.25, 0.3) is 0 Å². The van der Waals surface area contributed by atoms with Gasteiger partial charge in [0.15, 0.2) is 0 Å². The molecule has 55 heavy (non-hydrogen) atoms. The van der Waals surface area contributed by atoms with E-state index < -0.39 is 10.4 Å². The largest absolute Gasteiger partial charge is 0.280 e. The number of hydrogen-bond acceptors (Lipinski definition) is 2. The molecule has 0 aliphatic carbocycles. The summed E-state index contributed by atoms with van der Waals surface area (Å²) in [7, 11) is -2.14. The van der Waals surface area contributed by atoms with E-state index >= 15 is 0 Å². The molecular formula is C52H42N2S. The van der Waals surface area contributed by atoms with Crippen molar-refractivity contribution in [3.8, 4) is 22.3 Å². The lowest BCUT2D eigenvalue weighted by molar-refractivity contribution is 1.12. The van der Waals surface area contributed by atoms with Crippen LogP contribution in [0.4, 0.5) is 11.4 Å². The minimum atomic E-state index is -2.14. The molecule has 0 fully saturated rings. The molecule has 0 unspecified atom stereocenters. The lowest BCUT2D eigenvalue weighted by atomic mass is 10.0. The molecule has 8 aromatic carbocycles. The Morgan fingerprint density at radius 3 is 1.13 bits per heavy atom. The van der Waals surface area contributed by atoms with Gasteiger partial charge in [-0.15, -0.1) is 0 Å². The molecule has 0 N–H and O–H groups in total. The molecule has 0 amide bonds. The van der Waals surface area contributed by atoms with Gasteiger partial charge in [-0.2, -0.15) is 0 Å². The van der Waals surface area contributed by atoms with E-state index in [-0.39, 0.29) is 0 Å². The third kappa shape index (κ3) is 6.65. The van der Waals surface area contributed by atoms with Gasteiger partial charge in [-0.3, -0.25) is 8.61 Å². The third-order valence-corrected chi connectivity index (χ3v) is 14.1. The molecule has 0 radical (unpaired) electrons. The molecule has 0 bridgehead atoms. The number of nitrogens with zero attached hydrogens (tertiary/aromatic N) is 2.